The molecule has 0 bridgehead atoms. The van der Waals surface area contributed by atoms with Gasteiger partial charge < -0.3 is 9.47 Å². The third-order valence-electron chi connectivity index (χ3n) is 7.61. The fourth-order valence-electron chi connectivity index (χ4n) is 5.24. The molecule has 0 N–H and O–H groups in total. The summed E-state index contributed by atoms with van der Waals surface area (Å²) in [6.45, 7) is 20.0. The molecule has 2 heteroatoms. The number of fused-ring (bicyclic) bond motifs is 1. The molecule has 1 aromatic rings. The maximum Gasteiger partial charge on any atom is 0.127 e. The number of ether oxygens (including phenoxy) is 2. The second-order valence-electron chi connectivity index (χ2n) is 10.4. The van der Waals surface area contributed by atoms with Gasteiger partial charge in [-0.15, -0.1) is 0 Å². The maximum absolute atomic E-state index is 6.69. The maximum atomic E-state index is 6.69. The molecular weight excluding hydrogens is 392 g/mol. The van der Waals surface area contributed by atoms with E-state index in [4.69, 9.17) is 9.47 Å². The van der Waals surface area contributed by atoms with Crippen LogP contribution >= 0.6 is 0 Å². The highest BCUT2D eigenvalue weighted by molar-refractivity contribution is 5.58. The summed E-state index contributed by atoms with van der Waals surface area (Å²) >= 11 is 0. The number of methoxy groups -OCH3 is 1. The number of hydrogen-bond donors (Lipinski definition) is 0. The molecule has 1 aliphatic heterocycles. The van der Waals surface area contributed by atoms with Crippen LogP contribution in [0.3, 0.4) is 0 Å². The highest BCUT2D eigenvalue weighted by Gasteiger charge is 2.34. The fourth-order valence-corrected chi connectivity index (χ4v) is 5.24. The van der Waals surface area contributed by atoms with Crippen molar-refractivity contribution < 1.29 is 9.47 Å². The quantitative estimate of drug-likeness (QED) is 0.318. The van der Waals surface area contributed by atoms with Crippen molar-refractivity contribution in [2.24, 2.45) is 11.8 Å². The van der Waals surface area contributed by atoms with Crippen LogP contribution in [0.25, 0.3) is 0 Å². The number of rotatable bonds is 12. The van der Waals surface area contributed by atoms with Gasteiger partial charge in [0.05, 0.1) is 7.11 Å². The summed E-state index contributed by atoms with van der Waals surface area (Å²) < 4.78 is 12.4. The molecule has 2 rings (SSSR count). The number of benzene rings is 1. The average Bonchev–Trinajstić information content (AvgIpc) is 2.77. The molecule has 1 aromatic carbocycles. The third-order valence-corrected chi connectivity index (χ3v) is 7.61. The van der Waals surface area contributed by atoms with Crippen LogP contribution in [0.5, 0.6) is 11.5 Å². The van der Waals surface area contributed by atoms with Crippen LogP contribution in [0.1, 0.15) is 128 Å². The Labute approximate surface area is 200 Å². The molecule has 0 amide bonds. The minimum Gasteiger partial charge on any atom is -0.496 e. The van der Waals surface area contributed by atoms with Crippen LogP contribution in [0.4, 0.5) is 0 Å². The molecule has 1 aliphatic rings. The first kappa shape index (κ1) is 28.9. The summed E-state index contributed by atoms with van der Waals surface area (Å²) in [5.74, 6) is 3.91. The molecule has 0 spiro atoms. The van der Waals surface area contributed by atoms with E-state index in [2.05, 4.69) is 48.5 Å². The topological polar surface area (TPSA) is 18.5 Å². The van der Waals surface area contributed by atoms with Gasteiger partial charge in [0, 0.05) is 5.56 Å². The van der Waals surface area contributed by atoms with Gasteiger partial charge in [-0.2, -0.15) is 0 Å². The molecule has 0 aromatic heterocycles. The standard InChI is InChI=1S/C28H48O2.C2H6/c1-9-10-13-20(2)14-11-15-21(3)16-12-18-28(7)19-17-25-24(6)26(29-8)22(4)23(5)27(25)30-28;1-2/h20-21H,9-19H2,1-8H3;1-2H3. The van der Waals surface area contributed by atoms with Crippen molar-refractivity contribution in [3.8, 4) is 11.5 Å². The van der Waals surface area contributed by atoms with E-state index in [0.29, 0.717) is 0 Å². The van der Waals surface area contributed by atoms with Crippen molar-refractivity contribution >= 4 is 0 Å². The molecule has 32 heavy (non-hydrogen) atoms. The lowest BCUT2D eigenvalue weighted by Gasteiger charge is -2.38. The minimum atomic E-state index is -0.0282. The number of hydrogen-bond acceptors (Lipinski definition) is 2. The van der Waals surface area contributed by atoms with Gasteiger partial charge in [-0.05, 0) is 81.9 Å². The van der Waals surface area contributed by atoms with Gasteiger partial charge in [0.25, 0.3) is 0 Å². The van der Waals surface area contributed by atoms with Gasteiger partial charge in [-0.1, -0.05) is 79.6 Å². The summed E-state index contributed by atoms with van der Waals surface area (Å²) in [6.07, 6.45) is 14.3. The molecule has 0 saturated carbocycles. The van der Waals surface area contributed by atoms with E-state index in [1.807, 2.05) is 13.8 Å². The van der Waals surface area contributed by atoms with Gasteiger partial charge in [-0.25, -0.2) is 0 Å². The Morgan fingerprint density at radius 2 is 1.44 bits per heavy atom. The van der Waals surface area contributed by atoms with Crippen LogP contribution in [-0.4, -0.2) is 12.7 Å². The molecule has 186 valence electrons. The Balaban J connectivity index is 0.00000249. The molecule has 0 saturated heterocycles. The first-order valence-electron chi connectivity index (χ1n) is 13.6. The Hall–Kier alpha value is -1.18. The van der Waals surface area contributed by atoms with Crippen molar-refractivity contribution in [1.29, 1.82) is 0 Å². The number of unbranched alkanes of at least 4 members (excludes halogenated alkanes) is 1. The van der Waals surface area contributed by atoms with Gasteiger partial charge in [0.1, 0.15) is 17.1 Å². The largest absolute Gasteiger partial charge is 0.496 e. The van der Waals surface area contributed by atoms with Crippen molar-refractivity contribution in [1.82, 2.24) is 0 Å². The van der Waals surface area contributed by atoms with Gasteiger partial charge in [-0.3, -0.25) is 0 Å². The summed E-state index contributed by atoms with van der Waals surface area (Å²) in [5.41, 5.74) is 5.07. The lowest BCUT2D eigenvalue weighted by atomic mass is 9.83. The fraction of sp³-hybridized carbons (Fsp3) is 0.800. The normalized spacial score (nSPS) is 19.3. The van der Waals surface area contributed by atoms with Crippen molar-refractivity contribution in [3.05, 3.63) is 22.3 Å². The Morgan fingerprint density at radius 1 is 0.875 bits per heavy atom. The Morgan fingerprint density at radius 3 is 2.00 bits per heavy atom. The lowest BCUT2D eigenvalue weighted by Crippen LogP contribution is -2.37. The molecule has 0 fully saturated rings. The molecule has 3 atom stereocenters. The SMILES string of the molecule is CC.CCCCC(C)CCCC(C)CCCC1(C)CCc2c(C)c(OC)c(C)c(C)c2O1. The van der Waals surface area contributed by atoms with E-state index >= 15 is 0 Å². The lowest BCUT2D eigenvalue weighted by molar-refractivity contribution is 0.0512. The first-order chi connectivity index (χ1) is 15.2. The molecule has 0 radical (unpaired) electrons. The van der Waals surface area contributed by atoms with Crippen molar-refractivity contribution in [2.75, 3.05) is 7.11 Å². The van der Waals surface area contributed by atoms with E-state index in [1.54, 1.807) is 7.11 Å². The molecular formula is C30H54O2. The van der Waals surface area contributed by atoms with Crippen molar-refractivity contribution in [2.45, 2.75) is 139 Å². The van der Waals surface area contributed by atoms with Crippen LogP contribution in [0, 0.1) is 32.6 Å². The van der Waals surface area contributed by atoms with Crippen LogP contribution in [-0.2, 0) is 6.42 Å². The van der Waals surface area contributed by atoms with Crippen LogP contribution in [0.15, 0.2) is 0 Å². The predicted molar refractivity (Wildman–Crippen MR) is 141 cm³/mol. The highest BCUT2D eigenvalue weighted by Crippen LogP contribution is 2.44. The van der Waals surface area contributed by atoms with E-state index in [0.717, 1.165) is 42.6 Å². The van der Waals surface area contributed by atoms with E-state index in [-0.39, 0.29) is 5.60 Å². The third kappa shape index (κ3) is 7.99. The van der Waals surface area contributed by atoms with Crippen LogP contribution in [0.2, 0.25) is 0 Å². The smallest absolute Gasteiger partial charge is 0.127 e. The Bertz CT molecular complexity index is 678. The molecule has 3 unspecified atom stereocenters. The Kier molecular flexibility index (Phi) is 12.8. The van der Waals surface area contributed by atoms with Crippen molar-refractivity contribution in [3.63, 3.8) is 0 Å². The summed E-state index contributed by atoms with van der Waals surface area (Å²) in [5, 5.41) is 0. The highest BCUT2D eigenvalue weighted by atomic mass is 16.5. The van der Waals surface area contributed by atoms with E-state index in [1.165, 1.54) is 73.6 Å². The summed E-state index contributed by atoms with van der Waals surface area (Å²) in [6, 6.07) is 0. The van der Waals surface area contributed by atoms with Gasteiger partial charge in [0.2, 0.25) is 0 Å². The second-order valence-corrected chi connectivity index (χ2v) is 10.4. The summed E-state index contributed by atoms with van der Waals surface area (Å²) in [7, 11) is 1.78. The molecule has 2 nitrogen and oxygen atoms in total. The molecule has 1 heterocycles. The predicted octanol–water partition coefficient (Wildman–Crippen LogP) is 9.53. The first-order valence-corrected chi connectivity index (χ1v) is 13.6. The van der Waals surface area contributed by atoms with E-state index in [9.17, 15) is 0 Å². The second kappa shape index (κ2) is 14.2. The zero-order chi connectivity index (χ0) is 24.3. The van der Waals surface area contributed by atoms with Gasteiger partial charge >= 0.3 is 0 Å². The van der Waals surface area contributed by atoms with Gasteiger partial charge in [0.15, 0.2) is 0 Å². The monoisotopic (exact) mass is 446 g/mol. The zero-order valence-corrected chi connectivity index (χ0v) is 23.2. The van der Waals surface area contributed by atoms with E-state index < -0.39 is 0 Å². The average molecular weight is 447 g/mol. The minimum absolute atomic E-state index is 0.0282. The van der Waals surface area contributed by atoms with Crippen LogP contribution < -0.4 is 9.47 Å². The zero-order valence-electron chi connectivity index (χ0n) is 23.2. The molecule has 0 aliphatic carbocycles. The summed E-state index contributed by atoms with van der Waals surface area (Å²) in [4.78, 5) is 0.